The number of aromatic carboxylic acids is 1. The molecule has 0 atom stereocenters. The first-order valence-electron chi connectivity index (χ1n) is 3.98. The highest BCUT2D eigenvalue weighted by Crippen LogP contribution is 2.26. The number of aromatic nitrogens is 2. The van der Waals surface area contributed by atoms with Crippen LogP contribution in [-0.4, -0.2) is 20.9 Å². The van der Waals surface area contributed by atoms with Crippen LogP contribution in [0.5, 0.6) is 0 Å². The van der Waals surface area contributed by atoms with E-state index in [-0.39, 0.29) is 0 Å². The van der Waals surface area contributed by atoms with Crippen LogP contribution in [0.4, 0.5) is 0 Å². The van der Waals surface area contributed by atoms with Crippen molar-refractivity contribution in [3.8, 4) is 10.6 Å². The smallest absolute Gasteiger partial charge is 0.336 e. The first kappa shape index (κ1) is 8.96. The number of nitrogens with zero attached hydrogens (tertiary/aromatic N) is 2. The lowest BCUT2D eigenvalue weighted by atomic mass is 10.3. The molecule has 0 saturated carbocycles. The number of carboxylic acids is 1. The predicted molar refractivity (Wildman–Crippen MR) is 53.5 cm³/mol. The number of carboxylic acid groups (broad SMARTS) is 1. The van der Waals surface area contributed by atoms with Gasteiger partial charge in [0.25, 0.3) is 0 Å². The molecule has 1 N–H and O–H groups in total. The summed E-state index contributed by atoms with van der Waals surface area (Å²) in [5, 5.41) is 14.4. The average molecular weight is 208 g/mol. The minimum atomic E-state index is -0.894. The highest BCUT2D eigenvalue weighted by atomic mass is 32.1. The molecular formula is C9H8N2O2S. The lowest BCUT2D eigenvalue weighted by Crippen LogP contribution is -1.93. The van der Waals surface area contributed by atoms with Gasteiger partial charge < -0.3 is 5.11 Å². The highest BCUT2D eigenvalue weighted by Gasteiger charge is 2.09. The Morgan fingerprint density at radius 3 is 2.93 bits per heavy atom. The Morgan fingerprint density at radius 2 is 2.43 bits per heavy atom. The molecule has 14 heavy (non-hydrogen) atoms. The van der Waals surface area contributed by atoms with E-state index in [0.717, 1.165) is 10.6 Å². The third-order valence-corrected chi connectivity index (χ3v) is 2.87. The lowest BCUT2D eigenvalue weighted by molar-refractivity contribution is 0.0697. The standard InChI is InChI=1S/C9H8N2O2S/c1-11-7(2-3-10-11)8-4-6(5-14-8)9(12)13/h2-5H,1H3,(H,12,13). The molecule has 0 saturated heterocycles. The van der Waals surface area contributed by atoms with Crippen molar-refractivity contribution in [2.24, 2.45) is 7.05 Å². The molecule has 2 rings (SSSR count). The molecule has 4 nitrogen and oxygen atoms in total. The minimum absolute atomic E-state index is 0.325. The molecule has 0 aliphatic carbocycles. The van der Waals surface area contributed by atoms with Crippen molar-refractivity contribution >= 4 is 17.3 Å². The maximum atomic E-state index is 10.7. The van der Waals surface area contributed by atoms with E-state index in [9.17, 15) is 4.79 Å². The van der Waals surface area contributed by atoms with E-state index in [4.69, 9.17) is 5.11 Å². The monoisotopic (exact) mass is 208 g/mol. The third kappa shape index (κ3) is 1.42. The van der Waals surface area contributed by atoms with Crippen molar-refractivity contribution in [1.82, 2.24) is 9.78 Å². The van der Waals surface area contributed by atoms with E-state index in [1.165, 1.54) is 11.3 Å². The fourth-order valence-corrected chi connectivity index (χ4v) is 2.14. The highest BCUT2D eigenvalue weighted by molar-refractivity contribution is 7.13. The quantitative estimate of drug-likeness (QED) is 0.819. The van der Waals surface area contributed by atoms with Crippen LogP contribution in [-0.2, 0) is 7.05 Å². The lowest BCUT2D eigenvalue weighted by Gasteiger charge is -1.95. The van der Waals surface area contributed by atoms with Crippen molar-refractivity contribution in [2.45, 2.75) is 0 Å². The zero-order valence-corrected chi connectivity index (χ0v) is 8.28. The van der Waals surface area contributed by atoms with Gasteiger partial charge in [0.2, 0.25) is 0 Å². The van der Waals surface area contributed by atoms with Gasteiger partial charge in [-0.3, -0.25) is 4.68 Å². The Balaban J connectivity index is 2.43. The van der Waals surface area contributed by atoms with Crippen molar-refractivity contribution in [3.05, 3.63) is 29.3 Å². The van der Waals surface area contributed by atoms with Gasteiger partial charge >= 0.3 is 5.97 Å². The largest absolute Gasteiger partial charge is 0.478 e. The van der Waals surface area contributed by atoms with Crippen LogP contribution in [0.1, 0.15) is 10.4 Å². The molecule has 2 aromatic heterocycles. The molecule has 0 aliphatic rings. The fraction of sp³-hybridized carbons (Fsp3) is 0.111. The van der Waals surface area contributed by atoms with Crippen LogP contribution in [0.25, 0.3) is 10.6 Å². The fourth-order valence-electron chi connectivity index (χ4n) is 1.20. The van der Waals surface area contributed by atoms with Crippen molar-refractivity contribution in [1.29, 1.82) is 0 Å². The van der Waals surface area contributed by atoms with Crippen LogP contribution < -0.4 is 0 Å². The molecule has 0 aromatic carbocycles. The number of aryl methyl sites for hydroxylation is 1. The van der Waals surface area contributed by atoms with Gasteiger partial charge in [-0.2, -0.15) is 5.10 Å². The van der Waals surface area contributed by atoms with E-state index in [2.05, 4.69) is 5.10 Å². The molecule has 0 radical (unpaired) electrons. The summed E-state index contributed by atoms with van der Waals surface area (Å²) in [5.41, 5.74) is 1.26. The number of hydrogen-bond acceptors (Lipinski definition) is 3. The second kappa shape index (κ2) is 3.26. The van der Waals surface area contributed by atoms with Crippen molar-refractivity contribution in [3.63, 3.8) is 0 Å². The molecular weight excluding hydrogens is 200 g/mol. The Morgan fingerprint density at radius 1 is 1.64 bits per heavy atom. The van der Waals surface area contributed by atoms with Gasteiger partial charge in [0.1, 0.15) is 0 Å². The zero-order chi connectivity index (χ0) is 10.1. The second-order valence-corrected chi connectivity index (χ2v) is 3.76. The number of carbonyl (C=O) groups is 1. The number of rotatable bonds is 2. The van der Waals surface area contributed by atoms with Gasteiger partial charge in [-0.1, -0.05) is 0 Å². The molecule has 0 aliphatic heterocycles. The summed E-state index contributed by atoms with van der Waals surface area (Å²) < 4.78 is 1.72. The Kier molecular flexibility index (Phi) is 2.09. The maximum absolute atomic E-state index is 10.7. The van der Waals surface area contributed by atoms with Gasteiger partial charge in [-0.25, -0.2) is 4.79 Å². The van der Waals surface area contributed by atoms with Crippen LogP contribution in [0.2, 0.25) is 0 Å². The van der Waals surface area contributed by atoms with Crippen LogP contribution in [0.15, 0.2) is 23.7 Å². The molecule has 0 unspecified atom stereocenters. The summed E-state index contributed by atoms with van der Waals surface area (Å²) in [6, 6.07) is 3.52. The van der Waals surface area contributed by atoms with Crippen molar-refractivity contribution < 1.29 is 9.90 Å². The normalized spacial score (nSPS) is 10.4. The van der Waals surface area contributed by atoms with Crippen molar-refractivity contribution in [2.75, 3.05) is 0 Å². The summed E-state index contributed by atoms with van der Waals surface area (Å²) in [5.74, 6) is -0.894. The van der Waals surface area contributed by atoms with Gasteiger partial charge in [-0.15, -0.1) is 11.3 Å². The van der Waals surface area contributed by atoms with Gasteiger partial charge in [0.15, 0.2) is 0 Å². The molecule has 0 bridgehead atoms. The van der Waals surface area contributed by atoms with Crippen LogP contribution >= 0.6 is 11.3 Å². The van der Waals surface area contributed by atoms with E-state index in [1.807, 2.05) is 13.1 Å². The molecule has 0 amide bonds. The summed E-state index contributed by atoms with van der Waals surface area (Å²) in [4.78, 5) is 11.6. The molecule has 5 heteroatoms. The Bertz CT molecular complexity index is 473. The molecule has 2 heterocycles. The first-order valence-corrected chi connectivity index (χ1v) is 4.86. The molecule has 0 spiro atoms. The topological polar surface area (TPSA) is 55.1 Å². The second-order valence-electron chi connectivity index (χ2n) is 2.84. The summed E-state index contributed by atoms with van der Waals surface area (Å²) >= 11 is 1.41. The van der Waals surface area contributed by atoms with Gasteiger partial charge in [0, 0.05) is 18.6 Å². The summed E-state index contributed by atoms with van der Waals surface area (Å²) in [6.45, 7) is 0. The summed E-state index contributed by atoms with van der Waals surface area (Å²) in [7, 11) is 1.83. The van der Waals surface area contributed by atoms with E-state index in [0.29, 0.717) is 5.56 Å². The Hall–Kier alpha value is -1.62. The number of thiophene rings is 1. The first-order chi connectivity index (χ1) is 6.68. The van der Waals surface area contributed by atoms with Crippen LogP contribution in [0.3, 0.4) is 0 Å². The van der Waals surface area contributed by atoms with Crippen LogP contribution in [0, 0.1) is 0 Å². The molecule has 2 aromatic rings. The minimum Gasteiger partial charge on any atom is -0.478 e. The predicted octanol–water partition coefficient (Wildman–Crippen LogP) is 1.85. The summed E-state index contributed by atoms with van der Waals surface area (Å²) in [6.07, 6.45) is 1.69. The van der Waals surface area contributed by atoms with E-state index < -0.39 is 5.97 Å². The molecule has 72 valence electrons. The molecule has 0 fully saturated rings. The van der Waals surface area contributed by atoms with E-state index in [1.54, 1.807) is 22.3 Å². The third-order valence-electron chi connectivity index (χ3n) is 1.92. The maximum Gasteiger partial charge on any atom is 0.336 e. The Labute approximate surface area is 84.4 Å². The van der Waals surface area contributed by atoms with Gasteiger partial charge in [-0.05, 0) is 12.1 Å². The zero-order valence-electron chi connectivity index (χ0n) is 7.47. The number of hydrogen-bond donors (Lipinski definition) is 1. The average Bonchev–Trinajstić information content (AvgIpc) is 2.71. The van der Waals surface area contributed by atoms with E-state index >= 15 is 0 Å². The SMILES string of the molecule is Cn1nccc1-c1cc(C(=O)O)cs1. The van der Waals surface area contributed by atoms with Gasteiger partial charge in [0.05, 0.1) is 16.1 Å².